The molecular formula is C15H27N3O2. The summed E-state index contributed by atoms with van der Waals surface area (Å²) in [5.41, 5.74) is 0. The molecule has 5 nitrogen and oxygen atoms in total. The second-order valence-corrected chi connectivity index (χ2v) is 5.93. The van der Waals surface area contributed by atoms with Gasteiger partial charge in [0.1, 0.15) is 0 Å². The van der Waals surface area contributed by atoms with Crippen LogP contribution in [0.15, 0.2) is 0 Å². The number of carbonyl (C=O) groups is 2. The van der Waals surface area contributed by atoms with Crippen molar-refractivity contribution in [3.63, 3.8) is 0 Å². The first kappa shape index (κ1) is 15.3. The topological polar surface area (TPSA) is 52.7 Å². The zero-order valence-corrected chi connectivity index (χ0v) is 12.6. The standard InChI is InChI=1S/C15H27N3O2/c1-13(15(20)18-10-6-7-11-18)16-12-14(19)17-8-4-2-3-5-9-17/h13,16H,2-12H2,1H3. The first-order valence-electron chi connectivity index (χ1n) is 7.98. The highest BCUT2D eigenvalue weighted by atomic mass is 16.2. The lowest BCUT2D eigenvalue weighted by Crippen LogP contribution is -2.47. The van der Waals surface area contributed by atoms with E-state index >= 15 is 0 Å². The van der Waals surface area contributed by atoms with Crippen LogP contribution in [0.2, 0.25) is 0 Å². The molecule has 1 atom stereocenters. The maximum absolute atomic E-state index is 12.1. The summed E-state index contributed by atoms with van der Waals surface area (Å²) in [4.78, 5) is 28.1. The first-order valence-corrected chi connectivity index (χ1v) is 7.98. The van der Waals surface area contributed by atoms with Crippen LogP contribution in [0.25, 0.3) is 0 Å². The third-order valence-corrected chi connectivity index (χ3v) is 4.31. The molecule has 114 valence electrons. The second kappa shape index (κ2) is 7.62. The minimum absolute atomic E-state index is 0.131. The summed E-state index contributed by atoms with van der Waals surface area (Å²) in [6.07, 6.45) is 6.86. The van der Waals surface area contributed by atoms with Gasteiger partial charge in [-0.3, -0.25) is 14.9 Å². The van der Waals surface area contributed by atoms with Gasteiger partial charge in [-0.05, 0) is 32.6 Å². The van der Waals surface area contributed by atoms with Crippen LogP contribution in [0, 0.1) is 0 Å². The summed E-state index contributed by atoms with van der Waals surface area (Å²) in [5.74, 6) is 0.263. The van der Waals surface area contributed by atoms with Crippen molar-refractivity contribution in [2.24, 2.45) is 0 Å². The van der Waals surface area contributed by atoms with Gasteiger partial charge in [0.15, 0.2) is 0 Å². The number of nitrogens with zero attached hydrogens (tertiary/aromatic N) is 2. The highest BCUT2D eigenvalue weighted by Gasteiger charge is 2.24. The van der Waals surface area contributed by atoms with E-state index in [1.807, 2.05) is 16.7 Å². The number of carbonyl (C=O) groups excluding carboxylic acids is 2. The number of rotatable bonds is 4. The monoisotopic (exact) mass is 281 g/mol. The molecule has 0 aromatic heterocycles. The Kier molecular flexibility index (Phi) is 5.83. The highest BCUT2D eigenvalue weighted by Crippen LogP contribution is 2.10. The third-order valence-electron chi connectivity index (χ3n) is 4.31. The lowest BCUT2D eigenvalue weighted by molar-refractivity contribution is -0.133. The van der Waals surface area contributed by atoms with Gasteiger partial charge in [0.2, 0.25) is 11.8 Å². The summed E-state index contributed by atoms with van der Waals surface area (Å²) in [6, 6.07) is -0.260. The van der Waals surface area contributed by atoms with Crippen molar-refractivity contribution in [3.8, 4) is 0 Å². The third kappa shape index (κ3) is 4.20. The van der Waals surface area contributed by atoms with E-state index in [0.29, 0.717) is 0 Å². The van der Waals surface area contributed by atoms with Crippen LogP contribution in [-0.2, 0) is 9.59 Å². The Labute approximate surface area is 121 Å². The molecule has 20 heavy (non-hydrogen) atoms. The Hall–Kier alpha value is -1.10. The molecule has 0 aliphatic carbocycles. The highest BCUT2D eigenvalue weighted by molar-refractivity contribution is 5.83. The Bertz CT molecular complexity index is 332. The molecule has 1 unspecified atom stereocenters. The zero-order chi connectivity index (χ0) is 14.4. The van der Waals surface area contributed by atoms with Gasteiger partial charge in [-0.1, -0.05) is 12.8 Å². The fourth-order valence-electron chi connectivity index (χ4n) is 2.97. The lowest BCUT2D eigenvalue weighted by Gasteiger charge is -2.24. The molecule has 2 heterocycles. The molecule has 2 aliphatic rings. The summed E-state index contributed by atoms with van der Waals surface area (Å²) >= 11 is 0. The van der Waals surface area contributed by atoms with E-state index in [1.165, 1.54) is 12.8 Å². The predicted molar refractivity (Wildman–Crippen MR) is 78.3 cm³/mol. The van der Waals surface area contributed by atoms with Gasteiger partial charge in [-0.25, -0.2) is 0 Å². The Morgan fingerprint density at radius 3 is 2.00 bits per heavy atom. The minimum atomic E-state index is -0.260. The summed E-state index contributed by atoms with van der Waals surface area (Å²) in [5, 5.41) is 3.09. The van der Waals surface area contributed by atoms with E-state index in [9.17, 15) is 9.59 Å². The van der Waals surface area contributed by atoms with E-state index in [2.05, 4.69) is 5.32 Å². The largest absolute Gasteiger partial charge is 0.342 e. The molecule has 1 N–H and O–H groups in total. The van der Waals surface area contributed by atoms with E-state index in [-0.39, 0.29) is 24.4 Å². The van der Waals surface area contributed by atoms with Crippen LogP contribution < -0.4 is 5.32 Å². The molecule has 0 aromatic rings. The second-order valence-electron chi connectivity index (χ2n) is 5.93. The molecule has 0 bridgehead atoms. The molecule has 2 aliphatic heterocycles. The molecular weight excluding hydrogens is 254 g/mol. The lowest BCUT2D eigenvalue weighted by atomic mass is 10.2. The Morgan fingerprint density at radius 2 is 1.40 bits per heavy atom. The summed E-state index contributed by atoms with van der Waals surface area (Å²) < 4.78 is 0. The summed E-state index contributed by atoms with van der Waals surface area (Å²) in [6.45, 7) is 5.61. The predicted octanol–water partition coefficient (Wildman–Crippen LogP) is 0.989. The van der Waals surface area contributed by atoms with Gasteiger partial charge in [-0.2, -0.15) is 0 Å². The van der Waals surface area contributed by atoms with Gasteiger partial charge in [-0.15, -0.1) is 0 Å². The van der Waals surface area contributed by atoms with Gasteiger partial charge in [0.25, 0.3) is 0 Å². The number of amides is 2. The van der Waals surface area contributed by atoms with Gasteiger partial charge < -0.3 is 9.80 Å². The van der Waals surface area contributed by atoms with Crippen molar-refractivity contribution in [2.45, 2.75) is 51.5 Å². The minimum Gasteiger partial charge on any atom is -0.342 e. The van der Waals surface area contributed by atoms with Gasteiger partial charge in [0.05, 0.1) is 12.6 Å². The Balaban J connectivity index is 1.72. The van der Waals surface area contributed by atoms with Crippen LogP contribution in [0.3, 0.4) is 0 Å². The average molecular weight is 281 g/mol. The van der Waals surface area contributed by atoms with Gasteiger partial charge in [0, 0.05) is 26.2 Å². The quantitative estimate of drug-likeness (QED) is 0.836. The van der Waals surface area contributed by atoms with E-state index in [0.717, 1.165) is 51.9 Å². The molecule has 0 spiro atoms. The molecule has 2 fully saturated rings. The van der Waals surface area contributed by atoms with Crippen LogP contribution >= 0.6 is 0 Å². The molecule has 0 radical (unpaired) electrons. The number of hydrogen-bond acceptors (Lipinski definition) is 3. The van der Waals surface area contributed by atoms with Gasteiger partial charge >= 0.3 is 0 Å². The maximum atomic E-state index is 12.1. The fraction of sp³-hybridized carbons (Fsp3) is 0.867. The first-order chi connectivity index (χ1) is 9.68. The van der Waals surface area contributed by atoms with Crippen LogP contribution in [-0.4, -0.2) is 60.4 Å². The van der Waals surface area contributed by atoms with Crippen molar-refractivity contribution in [1.29, 1.82) is 0 Å². The van der Waals surface area contributed by atoms with Crippen LogP contribution in [0.5, 0.6) is 0 Å². The zero-order valence-electron chi connectivity index (χ0n) is 12.6. The molecule has 2 rings (SSSR count). The average Bonchev–Trinajstić information content (AvgIpc) is 2.85. The molecule has 0 saturated carbocycles. The number of likely N-dealkylation sites (tertiary alicyclic amines) is 2. The van der Waals surface area contributed by atoms with Crippen molar-refractivity contribution in [2.75, 3.05) is 32.7 Å². The van der Waals surface area contributed by atoms with Crippen molar-refractivity contribution in [1.82, 2.24) is 15.1 Å². The maximum Gasteiger partial charge on any atom is 0.239 e. The van der Waals surface area contributed by atoms with Crippen LogP contribution in [0.1, 0.15) is 45.4 Å². The van der Waals surface area contributed by atoms with E-state index < -0.39 is 0 Å². The smallest absolute Gasteiger partial charge is 0.239 e. The van der Waals surface area contributed by atoms with Crippen LogP contribution in [0.4, 0.5) is 0 Å². The molecule has 5 heteroatoms. The van der Waals surface area contributed by atoms with E-state index in [4.69, 9.17) is 0 Å². The molecule has 0 aromatic carbocycles. The van der Waals surface area contributed by atoms with Crippen molar-refractivity contribution >= 4 is 11.8 Å². The molecule has 2 amide bonds. The SMILES string of the molecule is CC(NCC(=O)N1CCCCCC1)C(=O)N1CCCC1. The fourth-order valence-corrected chi connectivity index (χ4v) is 2.97. The number of nitrogens with one attached hydrogen (secondary N) is 1. The van der Waals surface area contributed by atoms with Crippen molar-refractivity contribution in [3.05, 3.63) is 0 Å². The normalized spacial score (nSPS) is 21.6. The Morgan fingerprint density at radius 1 is 0.900 bits per heavy atom. The summed E-state index contributed by atoms with van der Waals surface area (Å²) in [7, 11) is 0. The number of hydrogen-bond donors (Lipinski definition) is 1. The van der Waals surface area contributed by atoms with E-state index in [1.54, 1.807) is 0 Å². The molecule has 2 saturated heterocycles. The van der Waals surface area contributed by atoms with Crippen molar-refractivity contribution < 1.29 is 9.59 Å².